The van der Waals surface area contributed by atoms with Crippen LogP contribution >= 0.6 is 0 Å². The van der Waals surface area contributed by atoms with E-state index < -0.39 is 0 Å². The SMILES string of the molecule is C[C@@H](CCC[Se]c1ccccc1)CCOCc1ccccc1. The molecule has 118 valence electrons. The molecule has 2 rings (SSSR count). The Hall–Kier alpha value is -1.08. The number of ether oxygens (including phenoxy) is 1. The zero-order chi connectivity index (χ0) is 15.5. The average molecular weight is 361 g/mol. The van der Waals surface area contributed by atoms with Crippen LogP contribution in [0.25, 0.3) is 0 Å². The Balaban J connectivity index is 1.48. The van der Waals surface area contributed by atoms with Crippen molar-refractivity contribution in [2.24, 2.45) is 5.92 Å². The third-order valence-corrected chi connectivity index (χ3v) is 6.02. The summed E-state index contributed by atoms with van der Waals surface area (Å²) >= 11 is 0.644. The van der Waals surface area contributed by atoms with Crippen LogP contribution in [-0.2, 0) is 11.3 Å². The van der Waals surface area contributed by atoms with E-state index in [2.05, 4.69) is 61.5 Å². The maximum atomic E-state index is 5.77. The second-order valence-electron chi connectivity index (χ2n) is 5.74. The molecule has 2 aromatic rings. The second-order valence-corrected chi connectivity index (χ2v) is 8.19. The molecule has 1 nitrogen and oxygen atoms in total. The Bertz CT molecular complexity index is 450. The van der Waals surface area contributed by atoms with Gasteiger partial charge < -0.3 is 0 Å². The third-order valence-electron chi connectivity index (χ3n) is 3.72. The summed E-state index contributed by atoms with van der Waals surface area (Å²) in [6.07, 6.45) is 3.84. The summed E-state index contributed by atoms with van der Waals surface area (Å²) in [5.41, 5.74) is 1.26. The van der Waals surface area contributed by atoms with Crippen LogP contribution < -0.4 is 4.46 Å². The maximum absolute atomic E-state index is 5.77. The first-order chi connectivity index (χ1) is 10.8. The molecule has 0 heterocycles. The Morgan fingerprint density at radius 1 is 0.909 bits per heavy atom. The normalized spacial score (nSPS) is 12.2. The van der Waals surface area contributed by atoms with Crippen molar-refractivity contribution in [1.29, 1.82) is 0 Å². The van der Waals surface area contributed by atoms with E-state index >= 15 is 0 Å². The zero-order valence-electron chi connectivity index (χ0n) is 13.4. The first-order valence-electron chi connectivity index (χ1n) is 8.14. The molecular formula is C20H26OSe. The summed E-state index contributed by atoms with van der Waals surface area (Å²) in [5.74, 6) is 0.766. The summed E-state index contributed by atoms with van der Waals surface area (Å²) < 4.78 is 7.29. The van der Waals surface area contributed by atoms with Crippen LogP contribution in [0, 0.1) is 5.92 Å². The molecule has 22 heavy (non-hydrogen) atoms. The minimum absolute atomic E-state index is 0.644. The number of rotatable bonds is 10. The van der Waals surface area contributed by atoms with Crippen LogP contribution in [0.5, 0.6) is 0 Å². The van der Waals surface area contributed by atoms with Crippen molar-refractivity contribution in [1.82, 2.24) is 0 Å². The van der Waals surface area contributed by atoms with Crippen LogP contribution in [0.4, 0.5) is 0 Å². The van der Waals surface area contributed by atoms with E-state index in [-0.39, 0.29) is 0 Å². The Kier molecular flexibility index (Phi) is 8.33. The van der Waals surface area contributed by atoms with E-state index in [0.717, 1.165) is 19.1 Å². The average Bonchev–Trinajstić information content (AvgIpc) is 2.57. The van der Waals surface area contributed by atoms with Crippen LogP contribution in [0.3, 0.4) is 0 Å². The van der Waals surface area contributed by atoms with Gasteiger partial charge in [0.1, 0.15) is 0 Å². The van der Waals surface area contributed by atoms with Gasteiger partial charge >= 0.3 is 141 Å². The van der Waals surface area contributed by atoms with Gasteiger partial charge in [-0.3, -0.25) is 0 Å². The summed E-state index contributed by atoms with van der Waals surface area (Å²) in [6, 6.07) is 21.3. The molecule has 0 saturated heterocycles. The van der Waals surface area contributed by atoms with Crippen molar-refractivity contribution in [3.05, 3.63) is 66.2 Å². The molecule has 0 aromatic heterocycles. The molecule has 0 bridgehead atoms. The van der Waals surface area contributed by atoms with Crippen molar-refractivity contribution in [3.63, 3.8) is 0 Å². The number of hydrogen-bond donors (Lipinski definition) is 0. The summed E-state index contributed by atoms with van der Waals surface area (Å²) in [7, 11) is 0. The molecule has 2 aromatic carbocycles. The fraction of sp³-hybridized carbons (Fsp3) is 0.400. The number of benzene rings is 2. The Labute approximate surface area is 141 Å². The van der Waals surface area contributed by atoms with Crippen LogP contribution in [0.15, 0.2) is 60.7 Å². The Morgan fingerprint density at radius 2 is 1.59 bits per heavy atom. The van der Waals surface area contributed by atoms with Crippen molar-refractivity contribution in [2.75, 3.05) is 6.61 Å². The Morgan fingerprint density at radius 3 is 2.32 bits per heavy atom. The summed E-state index contributed by atoms with van der Waals surface area (Å²) in [5, 5.41) is 1.35. The van der Waals surface area contributed by atoms with Crippen molar-refractivity contribution in [3.8, 4) is 0 Å². The first-order valence-corrected chi connectivity index (χ1v) is 10.2. The predicted molar refractivity (Wildman–Crippen MR) is 95.8 cm³/mol. The predicted octanol–water partition coefficient (Wildman–Crippen LogP) is 4.46. The van der Waals surface area contributed by atoms with Crippen molar-refractivity contribution >= 4 is 19.4 Å². The van der Waals surface area contributed by atoms with E-state index in [1.807, 2.05) is 6.07 Å². The molecular weight excluding hydrogens is 335 g/mol. The van der Waals surface area contributed by atoms with Gasteiger partial charge in [-0.1, -0.05) is 0 Å². The molecule has 0 N–H and O–H groups in total. The molecule has 0 amide bonds. The molecule has 0 aliphatic rings. The molecule has 1 atom stereocenters. The molecule has 0 aliphatic carbocycles. The molecule has 0 radical (unpaired) electrons. The minimum atomic E-state index is 0.644. The van der Waals surface area contributed by atoms with Crippen LogP contribution in [0.2, 0.25) is 5.32 Å². The summed E-state index contributed by atoms with van der Waals surface area (Å²) in [6.45, 7) is 3.96. The van der Waals surface area contributed by atoms with Crippen LogP contribution in [0.1, 0.15) is 31.7 Å². The molecule has 0 spiro atoms. The van der Waals surface area contributed by atoms with E-state index in [1.54, 1.807) is 0 Å². The van der Waals surface area contributed by atoms with Crippen molar-refractivity contribution in [2.45, 2.75) is 38.1 Å². The third kappa shape index (κ3) is 7.26. The standard InChI is InChI=1S/C20H26OSe/c1-18(9-8-16-22-20-12-6-3-7-13-20)14-15-21-17-19-10-4-2-5-11-19/h2-7,10-13,18H,8-9,14-17H2,1H3/t18-/m0/s1. The van der Waals surface area contributed by atoms with E-state index in [4.69, 9.17) is 4.74 Å². The quantitative estimate of drug-likeness (QED) is 0.449. The van der Waals surface area contributed by atoms with Gasteiger partial charge in [0.2, 0.25) is 0 Å². The van der Waals surface area contributed by atoms with E-state index in [1.165, 1.54) is 34.6 Å². The van der Waals surface area contributed by atoms with E-state index in [0.29, 0.717) is 15.0 Å². The molecule has 0 aliphatic heterocycles. The van der Waals surface area contributed by atoms with Gasteiger partial charge in [-0.05, 0) is 0 Å². The van der Waals surface area contributed by atoms with Gasteiger partial charge in [-0.2, -0.15) is 0 Å². The summed E-state index contributed by atoms with van der Waals surface area (Å²) in [4.78, 5) is 0. The fourth-order valence-corrected chi connectivity index (χ4v) is 4.21. The molecule has 0 saturated carbocycles. The van der Waals surface area contributed by atoms with E-state index in [9.17, 15) is 0 Å². The van der Waals surface area contributed by atoms with Crippen LogP contribution in [-0.4, -0.2) is 21.6 Å². The monoisotopic (exact) mass is 362 g/mol. The molecule has 0 unspecified atom stereocenters. The topological polar surface area (TPSA) is 9.23 Å². The van der Waals surface area contributed by atoms with Gasteiger partial charge in [0, 0.05) is 0 Å². The van der Waals surface area contributed by atoms with Gasteiger partial charge in [-0.25, -0.2) is 0 Å². The zero-order valence-corrected chi connectivity index (χ0v) is 15.1. The van der Waals surface area contributed by atoms with Gasteiger partial charge in [0.05, 0.1) is 0 Å². The molecule has 2 heteroatoms. The number of hydrogen-bond acceptors (Lipinski definition) is 1. The molecule has 0 fully saturated rings. The second kappa shape index (κ2) is 10.6. The van der Waals surface area contributed by atoms with Gasteiger partial charge in [0.15, 0.2) is 0 Å². The van der Waals surface area contributed by atoms with Gasteiger partial charge in [0.25, 0.3) is 0 Å². The van der Waals surface area contributed by atoms with Gasteiger partial charge in [-0.15, -0.1) is 0 Å². The first kappa shape index (κ1) is 17.3. The van der Waals surface area contributed by atoms with Crippen molar-refractivity contribution < 1.29 is 4.74 Å². The fourth-order valence-electron chi connectivity index (χ4n) is 2.33.